The Bertz CT molecular complexity index is 1090. The van der Waals surface area contributed by atoms with E-state index in [-0.39, 0.29) is 17.6 Å². The van der Waals surface area contributed by atoms with Gasteiger partial charge in [-0.1, -0.05) is 40.7 Å². The van der Waals surface area contributed by atoms with Gasteiger partial charge < -0.3 is 15.2 Å². The lowest BCUT2D eigenvalue weighted by Gasteiger charge is -2.44. The van der Waals surface area contributed by atoms with Crippen LogP contribution in [0.1, 0.15) is 29.3 Å². The number of phenols is 1. The maximum atomic E-state index is 10.4. The summed E-state index contributed by atoms with van der Waals surface area (Å²) in [5.41, 5.74) is 4.95. The maximum absolute atomic E-state index is 10.4. The summed E-state index contributed by atoms with van der Waals surface area (Å²) in [6.07, 6.45) is 3.26. The number of nitrogens with one attached hydrogen (secondary N) is 1. The summed E-state index contributed by atoms with van der Waals surface area (Å²) in [6, 6.07) is 13.4. The van der Waals surface area contributed by atoms with Crippen molar-refractivity contribution in [1.82, 2.24) is 9.88 Å². The summed E-state index contributed by atoms with van der Waals surface area (Å²) in [4.78, 5) is 5.98. The number of benzene rings is 2. The minimum atomic E-state index is -0.275. The number of hydrogen-bond acceptors (Lipinski definition) is 3. The first-order valence-corrected chi connectivity index (χ1v) is 11.0. The van der Waals surface area contributed by atoms with Crippen molar-refractivity contribution >= 4 is 26.8 Å². The fraction of sp³-hybridized carbons (Fsp3) is 0.333. The monoisotopic (exact) mass is 452 g/mol. The minimum Gasteiger partial charge on any atom is -0.511 e. The van der Waals surface area contributed by atoms with Gasteiger partial charge in [0.1, 0.15) is 11.5 Å². The zero-order chi connectivity index (χ0) is 20.1. The number of aromatic nitrogens is 1. The molecule has 3 aromatic rings. The molecule has 1 aliphatic carbocycles. The van der Waals surface area contributed by atoms with Crippen LogP contribution in [0.4, 0.5) is 0 Å². The fourth-order valence-corrected chi connectivity index (χ4v) is 5.73. The molecule has 1 aliphatic heterocycles. The van der Waals surface area contributed by atoms with Gasteiger partial charge in [-0.15, -0.1) is 0 Å². The zero-order valence-electron chi connectivity index (χ0n) is 16.2. The molecule has 4 nitrogen and oxygen atoms in total. The van der Waals surface area contributed by atoms with E-state index < -0.39 is 0 Å². The van der Waals surface area contributed by atoms with Crippen LogP contribution in [0.15, 0.2) is 59.3 Å². The number of fused-ring (bicyclic) bond motifs is 4. The number of likely N-dealkylation sites (tertiary alicyclic amines) is 1. The van der Waals surface area contributed by atoms with Gasteiger partial charge in [0.05, 0.1) is 6.04 Å². The largest absolute Gasteiger partial charge is 0.511 e. The second kappa shape index (κ2) is 7.22. The van der Waals surface area contributed by atoms with Crippen molar-refractivity contribution in [2.24, 2.45) is 11.8 Å². The van der Waals surface area contributed by atoms with E-state index in [4.69, 9.17) is 0 Å². The third-order valence-corrected chi connectivity index (χ3v) is 7.17. The Hall–Kier alpha value is -2.24. The molecule has 3 atom stereocenters. The van der Waals surface area contributed by atoms with Gasteiger partial charge in [0, 0.05) is 27.6 Å². The summed E-state index contributed by atoms with van der Waals surface area (Å²) < 4.78 is 1.10. The zero-order valence-corrected chi connectivity index (χ0v) is 17.8. The molecule has 2 aromatic carbocycles. The molecule has 0 saturated carbocycles. The highest BCUT2D eigenvalue weighted by atomic mass is 79.9. The molecule has 5 heteroatoms. The number of aromatic hydroxyl groups is 1. The average molecular weight is 453 g/mol. The smallest absolute Gasteiger partial charge is 0.115 e. The molecule has 0 spiro atoms. The maximum Gasteiger partial charge on any atom is 0.115 e. The lowest BCUT2D eigenvalue weighted by Crippen LogP contribution is -2.45. The van der Waals surface area contributed by atoms with Crippen molar-refractivity contribution in [3.8, 4) is 5.75 Å². The van der Waals surface area contributed by atoms with Gasteiger partial charge >= 0.3 is 0 Å². The molecule has 1 fully saturated rings. The van der Waals surface area contributed by atoms with Crippen LogP contribution in [0.5, 0.6) is 5.75 Å². The number of aromatic amines is 1. The van der Waals surface area contributed by atoms with Crippen molar-refractivity contribution in [1.29, 1.82) is 0 Å². The third-order valence-electron chi connectivity index (χ3n) is 6.68. The highest BCUT2D eigenvalue weighted by molar-refractivity contribution is 9.10. The number of halogens is 1. The molecule has 2 aliphatic rings. The molecule has 0 radical (unpaired) electrons. The second-order valence-corrected chi connectivity index (χ2v) is 9.39. The number of aliphatic hydroxyl groups is 1. The lowest BCUT2D eigenvalue weighted by atomic mass is 9.73. The highest BCUT2D eigenvalue weighted by Crippen LogP contribution is 2.41. The number of piperidine rings is 1. The lowest BCUT2D eigenvalue weighted by molar-refractivity contribution is 0.0716. The van der Waals surface area contributed by atoms with Crippen LogP contribution in [0.2, 0.25) is 0 Å². The highest BCUT2D eigenvalue weighted by Gasteiger charge is 2.38. The Balaban J connectivity index is 1.43. The van der Waals surface area contributed by atoms with Crippen molar-refractivity contribution in [2.45, 2.75) is 25.3 Å². The van der Waals surface area contributed by atoms with Gasteiger partial charge in [0.2, 0.25) is 0 Å². The summed E-state index contributed by atoms with van der Waals surface area (Å²) in [6.45, 7) is 5.68. The number of hydrogen-bond donors (Lipinski definition) is 3. The van der Waals surface area contributed by atoms with Gasteiger partial charge in [-0.3, -0.25) is 4.90 Å². The molecule has 0 bridgehead atoms. The van der Waals surface area contributed by atoms with E-state index in [0.717, 1.165) is 42.4 Å². The minimum absolute atomic E-state index is 0.141. The molecule has 3 N–H and O–H groups in total. The standard InChI is InChI=1S/C24H25BrN2O2/c1-14(28)24(16-3-2-4-19(29)9-16)27-8-7-15-11-22-21(10-17(15)13-27)20-6-5-18(25)12-23(20)26-22/h2-6,9,12,15,17,24,26,28-29H,1,7-8,10-11,13H2. The van der Waals surface area contributed by atoms with Gasteiger partial charge in [0.25, 0.3) is 0 Å². The van der Waals surface area contributed by atoms with Crippen LogP contribution < -0.4 is 0 Å². The summed E-state index contributed by atoms with van der Waals surface area (Å²) in [5, 5.41) is 21.6. The van der Waals surface area contributed by atoms with E-state index in [2.05, 4.69) is 50.6 Å². The second-order valence-electron chi connectivity index (χ2n) is 8.47. The predicted molar refractivity (Wildman–Crippen MR) is 119 cm³/mol. The van der Waals surface area contributed by atoms with Crippen molar-refractivity contribution in [2.75, 3.05) is 13.1 Å². The third kappa shape index (κ3) is 3.36. The molecule has 0 amide bonds. The van der Waals surface area contributed by atoms with Crippen LogP contribution in [-0.4, -0.2) is 33.2 Å². The quantitative estimate of drug-likeness (QED) is 0.460. The van der Waals surface area contributed by atoms with Gasteiger partial charge in [-0.2, -0.15) is 0 Å². The molecule has 2 heterocycles. The van der Waals surface area contributed by atoms with E-state index in [1.807, 2.05) is 12.1 Å². The fourth-order valence-electron chi connectivity index (χ4n) is 5.37. The van der Waals surface area contributed by atoms with Crippen LogP contribution >= 0.6 is 15.9 Å². The summed E-state index contributed by atoms with van der Waals surface area (Å²) in [7, 11) is 0. The molecule has 1 saturated heterocycles. The van der Waals surface area contributed by atoms with Gasteiger partial charge in [-0.05, 0) is 73.0 Å². The van der Waals surface area contributed by atoms with Gasteiger partial charge in [0.15, 0.2) is 0 Å². The molecule has 3 unspecified atom stereocenters. The summed E-state index contributed by atoms with van der Waals surface area (Å²) >= 11 is 3.57. The molecular formula is C24H25BrN2O2. The molecule has 1 aromatic heterocycles. The van der Waals surface area contributed by atoms with Crippen molar-refractivity contribution in [3.05, 3.63) is 76.1 Å². The SMILES string of the molecule is C=C(O)C(c1cccc(O)c1)N1CCC2Cc3[nH]c4cc(Br)ccc4c3CC2C1. The normalized spacial score (nSPS) is 22.8. The number of nitrogens with zero attached hydrogens (tertiary/aromatic N) is 1. The van der Waals surface area contributed by atoms with E-state index in [1.165, 1.54) is 22.2 Å². The van der Waals surface area contributed by atoms with E-state index in [1.54, 1.807) is 12.1 Å². The molecule has 29 heavy (non-hydrogen) atoms. The Kier molecular flexibility index (Phi) is 4.67. The van der Waals surface area contributed by atoms with Gasteiger partial charge in [-0.25, -0.2) is 0 Å². The average Bonchev–Trinajstić information content (AvgIpc) is 3.02. The Morgan fingerprint density at radius 3 is 2.83 bits per heavy atom. The van der Waals surface area contributed by atoms with Crippen LogP contribution in [0.3, 0.4) is 0 Å². The first-order valence-electron chi connectivity index (χ1n) is 10.2. The first-order chi connectivity index (χ1) is 14.0. The number of H-pyrrole nitrogens is 1. The van der Waals surface area contributed by atoms with E-state index >= 15 is 0 Å². The first kappa shape index (κ1) is 18.8. The Labute approximate surface area is 179 Å². The summed E-state index contributed by atoms with van der Waals surface area (Å²) in [5.74, 6) is 1.57. The molecule has 150 valence electrons. The van der Waals surface area contributed by atoms with Crippen molar-refractivity contribution < 1.29 is 10.2 Å². The molecule has 5 rings (SSSR count). The molecular weight excluding hydrogens is 428 g/mol. The Morgan fingerprint density at radius 2 is 2.03 bits per heavy atom. The number of aliphatic hydroxyl groups excluding tert-OH is 1. The van der Waals surface area contributed by atoms with Crippen molar-refractivity contribution in [3.63, 3.8) is 0 Å². The van der Waals surface area contributed by atoms with E-state index in [9.17, 15) is 10.2 Å². The predicted octanol–water partition coefficient (Wildman–Crippen LogP) is 5.49. The van der Waals surface area contributed by atoms with Crippen LogP contribution in [0, 0.1) is 11.8 Å². The topological polar surface area (TPSA) is 59.5 Å². The number of rotatable bonds is 3. The van der Waals surface area contributed by atoms with Crippen LogP contribution in [-0.2, 0) is 12.8 Å². The van der Waals surface area contributed by atoms with E-state index in [0.29, 0.717) is 11.8 Å². The Morgan fingerprint density at radius 1 is 1.17 bits per heavy atom. The number of phenolic OH excluding ortho intramolecular Hbond substituents is 1. The van der Waals surface area contributed by atoms with Crippen LogP contribution in [0.25, 0.3) is 10.9 Å².